The van der Waals surface area contributed by atoms with Crippen LogP contribution in [0.25, 0.3) is 0 Å². The van der Waals surface area contributed by atoms with Gasteiger partial charge in [-0.25, -0.2) is 0 Å². The molecule has 0 atom stereocenters. The van der Waals surface area contributed by atoms with E-state index < -0.39 is 8.56 Å². The lowest BCUT2D eigenvalue weighted by Gasteiger charge is -2.30. The number of hydrogen-bond donors (Lipinski definition) is 0. The second kappa shape index (κ2) is 28.7. The van der Waals surface area contributed by atoms with Crippen LogP contribution in [0.4, 0.5) is 0 Å². The van der Waals surface area contributed by atoms with E-state index in [1.165, 1.54) is 166 Å². The zero-order valence-electron chi connectivity index (χ0n) is 25.1. The van der Waals surface area contributed by atoms with Gasteiger partial charge in [0.05, 0.1) is 0 Å². The van der Waals surface area contributed by atoms with E-state index in [0.29, 0.717) is 0 Å². The van der Waals surface area contributed by atoms with Crippen LogP contribution in [0.3, 0.4) is 0 Å². The van der Waals surface area contributed by atoms with Crippen LogP contribution in [-0.2, 0) is 8.85 Å². The Hall–Kier alpha value is 0.137. The second-order valence-electron chi connectivity index (χ2n) is 11.1. The SMILES string of the molecule is CCCCCCCCCCCCCC[Si](CCCCCCCCCCCCCC)(OCC)OCC. The number of hydrogen-bond acceptors (Lipinski definition) is 2. The Labute approximate surface area is 224 Å². The molecular formula is C32H68O2Si. The maximum Gasteiger partial charge on any atom is 0.338 e. The van der Waals surface area contributed by atoms with E-state index in [4.69, 9.17) is 8.85 Å². The molecule has 0 aliphatic heterocycles. The van der Waals surface area contributed by atoms with Gasteiger partial charge < -0.3 is 8.85 Å². The standard InChI is InChI=1S/C32H68O2Si/c1-5-9-11-13-15-17-19-21-23-25-27-29-31-35(33-7-3,34-8-4)32-30-28-26-24-22-20-18-16-14-12-10-6-2/h5-32H2,1-4H3. The molecule has 0 radical (unpaired) electrons. The molecule has 0 spiro atoms. The summed E-state index contributed by atoms with van der Waals surface area (Å²) >= 11 is 0. The fraction of sp³-hybridized carbons (Fsp3) is 1.00. The highest BCUT2D eigenvalue weighted by atomic mass is 28.4. The Kier molecular flexibility index (Phi) is 28.8. The third-order valence-electron chi connectivity index (χ3n) is 7.64. The highest BCUT2D eigenvalue weighted by molar-refractivity contribution is 6.67. The lowest BCUT2D eigenvalue weighted by atomic mass is 10.1. The van der Waals surface area contributed by atoms with E-state index in [-0.39, 0.29) is 0 Å². The van der Waals surface area contributed by atoms with Crippen LogP contribution in [0.2, 0.25) is 12.1 Å². The molecule has 0 fully saturated rings. The molecule has 0 N–H and O–H groups in total. The second-order valence-corrected chi connectivity index (χ2v) is 14.5. The lowest BCUT2D eigenvalue weighted by Crippen LogP contribution is -2.42. The van der Waals surface area contributed by atoms with Crippen LogP contribution in [0.15, 0.2) is 0 Å². The summed E-state index contributed by atoms with van der Waals surface area (Å²) in [6, 6.07) is 2.42. The predicted molar refractivity (Wildman–Crippen MR) is 161 cm³/mol. The molecule has 35 heavy (non-hydrogen) atoms. The summed E-state index contributed by atoms with van der Waals surface area (Å²) in [7, 11) is -1.99. The predicted octanol–water partition coefficient (Wildman–Crippen LogP) is 11.9. The smallest absolute Gasteiger partial charge is 0.338 e. The van der Waals surface area contributed by atoms with Crippen molar-refractivity contribution in [3.63, 3.8) is 0 Å². The third kappa shape index (κ3) is 24.2. The Morgan fingerprint density at radius 3 is 0.771 bits per heavy atom. The van der Waals surface area contributed by atoms with E-state index in [2.05, 4.69) is 27.7 Å². The normalized spacial score (nSPS) is 12.0. The van der Waals surface area contributed by atoms with Crippen LogP contribution in [-0.4, -0.2) is 21.8 Å². The van der Waals surface area contributed by atoms with Crippen LogP contribution in [0, 0.1) is 0 Å². The molecule has 0 aliphatic carbocycles. The van der Waals surface area contributed by atoms with Gasteiger partial charge in [-0.3, -0.25) is 0 Å². The molecule has 0 saturated heterocycles. The summed E-state index contributed by atoms with van der Waals surface area (Å²) in [6.45, 7) is 10.6. The van der Waals surface area contributed by atoms with Gasteiger partial charge in [-0.2, -0.15) is 0 Å². The van der Waals surface area contributed by atoms with Crippen molar-refractivity contribution < 1.29 is 8.85 Å². The molecule has 0 aromatic rings. The van der Waals surface area contributed by atoms with Crippen molar-refractivity contribution in [3.05, 3.63) is 0 Å². The first-order chi connectivity index (χ1) is 17.2. The summed E-state index contributed by atoms with van der Waals surface area (Å²) in [6.07, 6.45) is 33.9. The molecular weight excluding hydrogens is 444 g/mol. The van der Waals surface area contributed by atoms with Gasteiger partial charge in [0.25, 0.3) is 0 Å². The molecule has 0 saturated carbocycles. The Morgan fingerprint density at radius 2 is 0.543 bits per heavy atom. The average Bonchev–Trinajstić information content (AvgIpc) is 2.85. The molecule has 3 heteroatoms. The van der Waals surface area contributed by atoms with Crippen molar-refractivity contribution in [1.29, 1.82) is 0 Å². The Bertz CT molecular complexity index is 352. The minimum absolute atomic E-state index is 0.822. The van der Waals surface area contributed by atoms with Gasteiger partial charge in [0.2, 0.25) is 0 Å². The monoisotopic (exact) mass is 512 g/mol. The Morgan fingerprint density at radius 1 is 0.314 bits per heavy atom. The van der Waals surface area contributed by atoms with E-state index in [1.807, 2.05) is 0 Å². The average molecular weight is 513 g/mol. The molecule has 212 valence electrons. The highest BCUT2D eigenvalue weighted by Gasteiger charge is 2.35. The first-order valence-corrected chi connectivity index (χ1v) is 18.8. The van der Waals surface area contributed by atoms with Gasteiger partial charge in [-0.15, -0.1) is 0 Å². The van der Waals surface area contributed by atoms with Crippen LogP contribution in [0.1, 0.15) is 182 Å². The molecule has 0 amide bonds. The van der Waals surface area contributed by atoms with Crippen molar-refractivity contribution >= 4 is 8.56 Å². The van der Waals surface area contributed by atoms with E-state index >= 15 is 0 Å². The van der Waals surface area contributed by atoms with Crippen molar-refractivity contribution in [2.45, 2.75) is 194 Å². The van der Waals surface area contributed by atoms with Gasteiger partial charge in [-0.05, 0) is 25.9 Å². The summed E-state index contributed by atoms with van der Waals surface area (Å²) in [4.78, 5) is 0. The van der Waals surface area contributed by atoms with E-state index in [0.717, 1.165) is 13.2 Å². The first-order valence-electron chi connectivity index (χ1n) is 16.5. The van der Waals surface area contributed by atoms with Crippen LogP contribution < -0.4 is 0 Å². The molecule has 0 heterocycles. The van der Waals surface area contributed by atoms with E-state index in [1.54, 1.807) is 0 Å². The molecule has 0 aliphatic rings. The molecule has 0 aromatic heterocycles. The lowest BCUT2D eigenvalue weighted by molar-refractivity contribution is 0.180. The van der Waals surface area contributed by atoms with Crippen LogP contribution in [0.5, 0.6) is 0 Å². The summed E-state index contributed by atoms with van der Waals surface area (Å²) in [5, 5.41) is 0. The topological polar surface area (TPSA) is 18.5 Å². The highest BCUT2D eigenvalue weighted by Crippen LogP contribution is 2.26. The largest absolute Gasteiger partial charge is 0.394 e. The van der Waals surface area contributed by atoms with Gasteiger partial charge >= 0.3 is 8.56 Å². The van der Waals surface area contributed by atoms with Crippen LogP contribution >= 0.6 is 0 Å². The van der Waals surface area contributed by atoms with Gasteiger partial charge in [-0.1, -0.05) is 168 Å². The zero-order chi connectivity index (χ0) is 25.7. The van der Waals surface area contributed by atoms with Crippen molar-refractivity contribution in [2.75, 3.05) is 13.2 Å². The van der Waals surface area contributed by atoms with Crippen molar-refractivity contribution in [3.8, 4) is 0 Å². The number of unbranched alkanes of at least 4 members (excludes halogenated alkanes) is 22. The molecule has 0 unspecified atom stereocenters. The number of rotatable bonds is 30. The quantitative estimate of drug-likeness (QED) is 0.0703. The maximum atomic E-state index is 6.39. The fourth-order valence-corrected chi connectivity index (χ4v) is 8.99. The zero-order valence-corrected chi connectivity index (χ0v) is 26.1. The summed E-state index contributed by atoms with van der Waals surface area (Å²) < 4.78 is 12.8. The van der Waals surface area contributed by atoms with Gasteiger partial charge in [0.15, 0.2) is 0 Å². The fourth-order valence-electron chi connectivity index (χ4n) is 5.45. The molecule has 0 aromatic carbocycles. The molecule has 0 bridgehead atoms. The van der Waals surface area contributed by atoms with Crippen molar-refractivity contribution in [2.24, 2.45) is 0 Å². The minimum atomic E-state index is -1.99. The van der Waals surface area contributed by atoms with Crippen molar-refractivity contribution in [1.82, 2.24) is 0 Å². The molecule has 0 rings (SSSR count). The first kappa shape index (κ1) is 35.1. The maximum absolute atomic E-state index is 6.39. The Balaban J connectivity index is 3.84. The van der Waals surface area contributed by atoms with E-state index in [9.17, 15) is 0 Å². The van der Waals surface area contributed by atoms with Gasteiger partial charge in [0.1, 0.15) is 0 Å². The minimum Gasteiger partial charge on any atom is -0.394 e. The third-order valence-corrected chi connectivity index (χ3v) is 11.5. The summed E-state index contributed by atoms with van der Waals surface area (Å²) in [5.74, 6) is 0. The molecule has 2 nitrogen and oxygen atoms in total. The van der Waals surface area contributed by atoms with Gasteiger partial charge in [0, 0.05) is 13.2 Å². The summed E-state index contributed by atoms with van der Waals surface area (Å²) in [5.41, 5.74) is 0.